The van der Waals surface area contributed by atoms with Gasteiger partial charge in [-0.2, -0.15) is 0 Å². The van der Waals surface area contributed by atoms with Crippen molar-refractivity contribution in [2.45, 2.75) is 134 Å². The number of aliphatic hydroxyl groups is 4. The molecule has 0 amide bonds. The van der Waals surface area contributed by atoms with Crippen LogP contribution in [-0.4, -0.2) is 64.3 Å². The van der Waals surface area contributed by atoms with Crippen LogP contribution in [0.1, 0.15) is 103 Å². The van der Waals surface area contributed by atoms with Gasteiger partial charge in [0.25, 0.3) is 0 Å². The van der Waals surface area contributed by atoms with Crippen LogP contribution in [0.25, 0.3) is 0 Å². The molecule has 0 radical (unpaired) electrons. The molecule has 0 bridgehead atoms. The summed E-state index contributed by atoms with van der Waals surface area (Å²) in [6, 6.07) is 0. The molecule has 0 spiro atoms. The molecule has 0 aromatic heterocycles. The lowest BCUT2D eigenvalue weighted by Gasteiger charge is -2.39. The third-order valence-electron chi connectivity index (χ3n) is 5.88. The Labute approximate surface area is 177 Å². The topological polar surface area (TPSA) is 99.4 Å². The first kappa shape index (κ1) is 26.8. The molecule has 0 saturated carbocycles. The number of hydrogen-bond donors (Lipinski definition) is 4. The van der Waals surface area contributed by atoms with Gasteiger partial charge in [-0.1, -0.05) is 96.8 Å². The molecule has 1 heterocycles. The molecule has 0 aliphatic carbocycles. The van der Waals surface area contributed by atoms with Crippen molar-refractivity contribution in [1.29, 1.82) is 0 Å². The fraction of sp³-hybridized carbons (Fsp3) is 1.00. The summed E-state index contributed by atoms with van der Waals surface area (Å²) >= 11 is 0. The average Bonchev–Trinajstić information content (AvgIpc) is 2.73. The Morgan fingerprint density at radius 3 is 1.52 bits per heavy atom. The number of ether oxygens (including phenoxy) is 2. The van der Waals surface area contributed by atoms with Crippen molar-refractivity contribution in [2.24, 2.45) is 0 Å². The molecule has 4 N–H and O–H groups in total. The highest BCUT2D eigenvalue weighted by molar-refractivity contribution is 4.88. The second-order valence-electron chi connectivity index (χ2n) is 8.52. The van der Waals surface area contributed by atoms with Crippen LogP contribution in [0.3, 0.4) is 0 Å². The zero-order valence-corrected chi connectivity index (χ0v) is 18.5. The Balaban J connectivity index is 1.88. The maximum absolute atomic E-state index is 9.91. The summed E-state index contributed by atoms with van der Waals surface area (Å²) in [4.78, 5) is 0. The molecular weight excluding hydrogens is 372 g/mol. The van der Waals surface area contributed by atoms with E-state index in [2.05, 4.69) is 6.92 Å². The molecular formula is C23H46O6. The van der Waals surface area contributed by atoms with Crippen molar-refractivity contribution in [2.75, 3.05) is 13.2 Å². The van der Waals surface area contributed by atoms with E-state index in [-0.39, 0.29) is 0 Å². The van der Waals surface area contributed by atoms with Crippen molar-refractivity contribution in [3.63, 3.8) is 0 Å². The van der Waals surface area contributed by atoms with Gasteiger partial charge in [0.05, 0.1) is 6.61 Å². The van der Waals surface area contributed by atoms with Crippen LogP contribution in [0, 0.1) is 0 Å². The minimum Gasteiger partial charge on any atom is -0.394 e. The molecule has 1 aliphatic rings. The fourth-order valence-electron chi connectivity index (χ4n) is 3.88. The number of aliphatic hydroxyl groups excluding tert-OH is 4. The summed E-state index contributed by atoms with van der Waals surface area (Å²) in [5.74, 6) is 0. The van der Waals surface area contributed by atoms with Crippen LogP contribution in [0.4, 0.5) is 0 Å². The Hall–Kier alpha value is -0.240. The normalized spacial score (nSPS) is 27.4. The van der Waals surface area contributed by atoms with Gasteiger partial charge in [-0.3, -0.25) is 0 Å². The van der Waals surface area contributed by atoms with Crippen molar-refractivity contribution >= 4 is 0 Å². The third-order valence-corrected chi connectivity index (χ3v) is 5.88. The first-order chi connectivity index (χ1) is 14.1. The standard InChI is InChI=1S/C23H46O6/c1-2-3-4-5-6-7-8-9-10-11-12-13-14-15-16-17-28-23-22(27)21(26)20(25)19(18-24)29-23/h19-27H,2-18H2,1H3/t19-,20-,21+,22-,23+/m1/s1. The number of rotatable bonds is 18. The van der Waals surface area contributed by atoms with Crippen molar-refractivity contribution < 1.29 is 29.9 Å². The Morgan fingerprint density at radius 1 is 0.621 bits per heavy atom. The molecule has 5 atom stereocenters. The van der Waals surface area contributed by atoms with Gasteiger partial charge in [-0.15, -0.1) is 0 Å². The summed E-state index contributed by atoms with van der Waals surface area (Å²) < 4.78 is 10.8. The van der Waals surface area contributed by atoms with Crippen LogP contribution in [-0.2, 0) is 9.47 Å². The van der Waals surface area contributed by atoms with E-state index in [0.29, 0.717) is 6.61 Å². The van der Waals surface area contributed by atoms with E-state index in [1.165, 1.54) is 83.5 Å². The summed E-state index contributed by atoms with van der Waals surface area (Å²) in [6.07, 6.45) is 13.5. The molecule has 1 rings (SSSR count). The molecule has 29 heavy (non-hydrogen) atoms. The highest BCUT2D eigenvalue weighted by Crippen LogP contribution is 2.22. The van der Waals surface area contributed by atoms with Gasteiger partial charge < -0.3 is 29.9 Å². The predicted molar refractivity (Wildman–Crippen MR) is 115 cm³/mol. The van der Waals surface area contributed by atoms with E-state index in [9.17, 15) is 15.3 Å². The molecule has 1 aliphatic heterocycles. The first-order valence-electron chi connectivity index (χ1n) is 12.0. The Bertz CT molecular complexity index is 365. The predicted octanol–water partition coefficient (Wildman–Crippen LogP) is 3.67. The molecule has 1 fully saturated rings. The third kappa shape index (κ3) is 11.7. The summed E-state index contributed by atoms with van der Waals surface area (Å²) in [6.45, 7) is 2.27. The molecule has 0 aromatic rings. The van der Waals surface area contributed by atoms with Crippen LogP contribution >= 0.6 is 0 Å². The summed E-state index contributed by atoms with van der Waals surface area (Å²) in [5.41, 5.74) is 0. The van der Waals surface area contributed by atoms with E-state index in [0.717, 1.165) is 12.8 Å². The van der Waals surface area contributed by atoms with Gasteiger partial charge in [-0.25, -0.2) is 0 Å². The Morgan fingerprint density at radius 2 is 1.07 bits per heavy atom. The van der Waals surface area contributed by atoms with E-state index < -0.39 is 37.3 Å². The van der Waals surface area contributed by atoms with Crippen LogP contribution < -0.4 is 0 Å². The van der Waals surface area contributed by atoms with Crippen molar-refractivity contribution in [3.05, 3.63) is 0 Å². The second-order valence-corrected chi connectivity index (χ2v) is 8.52. The summed E-state index contributed by atoms with van der Waals surface area (Å²) in [7, 11) is 0. The van der Waals surface area contributed by atoms with Crippen molar-refractivity contribution in [3.8, 4) is 0 Å². The first-order valence-corrected chi connectivity index (χ1v) is 12.0. The quantitative estimate of drug-likeness (QED) is 0.254. The van der Waals surface area contributed by atoms with Crippen LogP contribution in [0.15, 0.2) is 0 Å². The maximum Gasteiger partial charge on any atom is 0.186 e. The average molecular weight is 419 g/mol. The van der Waals surface area contributed by atoms with Crippen LogP contribution in [0.2, 0.25) is 0 Å². The molecule has 174 valence electrons. The fourth-order valence-corrected chi connectivity index (χ4v) is 3.88. The smallest absolute Gasteiger partial charge is 0.186 e. The largest absolute Gasteiger partial charge is 0.394 e. The molecule has 0 aromatic carbocycles. The second kappa shape index (κ2) is 17.4. The number of unbranched alkanes of at least 4 members (excludes halogenated alkanes) is 14. The van der Waals surface area contributed by atoms with Crippen molar-refractivity contribution in [1.82, 2.24) is 0 Å². The maximum atomic E-state index is 9.91. The van der Waals surface area contributed by atoms with Gasteiger partial charge in [0.1, 0.15) is 24.4 Å². The van der Waals surface area contributed by atoms with Gasteiger partial charge in [-0.05, 0) is 6.42 Å². The highest BCUT2D eigenvalue weighted by Gasteiger charge is 2.43. The van der Waals surface area contributed by atoms with Gasteiger partial charge >= 0.3 is 0 Å². The van der Waals surface area contributed by atoms with Gasteiger partial charge in [0.2, 0.25) is 0 Å². The lowest BCUT2D eigenvalue weighted by atomic mass is 9.99. The van der Waals surface area contributed by atoms with E-state index in [1.807, 2.05) is 0 Å². The highest BCUT2D eigenvalue weighted by atomic mass is 16.7. The van der Waals surface area contributed by atoms with E-state index in [1.54, 1.807) is 0 Å². The van der Waals surface area contributed by atoms with Gasteiger partial charge in [0.15, 0.2) is 6.29 Å². The molecule has 6 nitrogen and oxygen atoms in total. The lowest BCUT2D eigenvalue weighted by molar-refractivity contribution is -0.301. The lowest BCUT2D eigenvalue weighted by Crippen LogP contribution is -2.59. The minimum atomic E-state index is -1.37. The summed E-state index contributed by atoms with van der Waals surface area (Å²) in [5, 5.41) is 38.5. The minimum absolute atomic E-state index is 0.427. The number of hydrogen-bond acceptors (Lipinski definition) is 6. The van der Waals surface area contributed by atoms with Crippen LogP contribution in [0.5, 0.6) is 0 Å². The van der Waals surface area contributed by atoms with E-state index >= 15 is 0 Å². The molecule has 6 heteroatoms. The zero-order valence-electron chi connectivity index (χ0n) is 18.5. The molecule has 0 unspecified atom stereocenters. The molecule has 1 saturated heterocycles. The Kier molecular flexibility index (Phi) is 16.1. The van der Waals surface area contributed by atoms with E-state index in [4.69, 9.17) is 14.6 Å². The monoisotopic (exact) mass is 418 g/mol. The zero-order chi connectivity index (χ0) is 21.3. The SMILES string of the molecule is CCCCCCCCCCCCCCCCCO[C@H]1O[C@H](CO)[C@@H](O)[C@H](O)[C@H]1O. The van der Waals surface area contributed by atoms with Gasteiger partial charge in [0, 0.05) is 6.61 Å².